The topological polar surface area (TPSA) is 47.6 Å². The van der Waals surface area contributed by atoms with E-state index in [1.54, 1.807) is 7.05 Å². The summed E-state index contributed by atoms with van der Waals surface area (Å²) in [4.78, 5) is 11.2. The summed E-state index contributed by atoms with van der Waals surface area (Å²) >= 11 is 0. The van der Waals surface area contributed by atoms with Crippen LogP contribution in [0.4, 0.5) is 0 Å². The van der Waals surface area contributed by atoms with Gasteiger partial charge in [0.1, 0.15) is 6.04 Å². The van der Waals surface area contributed by atoms with Gasteiger partial charge in [0.15, 0.2) is 0 Å². The van der Waals surface area contributed by atoms with E-state index < -0.39 is 6.04 Å². The summed E-state index contributed by atoms with van der Waals surface area (Å²) in [6.45, 7) is 0.800. The number of methoxy groups -OCH3 is 1. The number of nitrogens with one attached hydrogen (secondary N) is 1. The third-order valence-corrected chi connectivity index (χ3v) is 2.23. The van der Waals surface area contributed by atoms with Crippen LogP contribution in [0.25, 0.3) is 0 Å². The maximum atomic E-state index is 11.2. The smallest absolute Gasteiger partial charge is 0.325 e. The van der Waals surface area contributed by atoms with Gasteiger partial charge in [0.05, 0.1) is 20.3 Å². The van der Waals surface area contributed by atoms with Gasteiger partial charge in [0.25, 0.3) is 0 Å². The Morgan fingerprint density at radius 2 is 2.06 bits per heavy atom. The number of esters is 1. The van der Waals surface area contributed by atoms with Crippen LogP contribution in [0.15, 0.2) is 30.3 Å². The van der Waals surface area contributed by atoms with Gasteiger partial charge in [-0.2, -0.15) is 0 Å². The fourth-order valence-electron chi connectivity index (χ4n) is 1.28. The molecule has 1 aromatic rings. The second-order valence-corrected chi connectivity index (χ2v) is 3.37. The van der Waals surface area contributed by atoms with Crippen molar-refractivity contribution in [3.8, 4) is 0 Å². The van der Waals surface area contributed by atoms with Crippen LogP contribution in [0.5, 0.6) is 0 Å². The van der Waals surface area contributed by atoms with Crippen LogP contribution in [0.3, 0.4) is 0 Å². The molecule has 1 N–H and O–H groups in total. The molecule has 16 heavy (non-hydrogen) atoms. The lowest BCUT2D eigenvalue weighted by Gasteiger charge is -2.13. The Hall–Kier alpha value is -1.39. The summed E-state index contributed by atoms with van der Waals surface area (Å²) in [6, 6.07) is 9.41. The summed E-state index contributed by atoms with van der Waals surface area (Å²) in [5, 5.41) is 2.84. The van der Waals surface area contributed by atoms with Crippen molar-refractivity contribution in [3.05, 3.63) is 35.9 Å². The molecule has 0 aliphatic rings. The maximum Gasteiger partial charge on any atom is 0.325 e. The number of ether oxygens (including phenoxy) is 2. The molecule has 1 rings (SSSR count). The molecular formula is C12H17NO3. The fourth-order valence-corrected chi connectivity index (χ4v) is 1.28. The van der Waals surface area contributed by atoms with Gasteiger partial charge in [-0.3, -0.25) is 4.79 Å². The lowest BCUT2D eigenvalue weighted by Crippen LogP contribution is -2.39. The van der Waals surface area contributed by atoms with E-state index in [9.17, 15) is 4.79 Å². The summed E-state index contributed by atoms with van der Waals surface area (Å²) in [6.07, 6.45) is 0. The number of hydrogen-bond acceptors (Lipinski definition) is 4. The highest BCUT2D eigenvalue weighted by atomic mass is 16.5. The number of carbonyl (C=O) groups excluding carboxylic acids is 1. The molecule has 0 saturated carbocycles. The van der Waals surface area contributed by atoms with Gasteiger partial charge in [0.2, 0.25) is 0 Å². The van der Waals surface area contributed by atoms with E-state index in [0.717, 1.165) is 5.56 Å². The first-order valence-electron chi connectivity index (χ1n) is 5.14. The predicted molar refractivity (Wildman–Crippen MR) is 61.0 cm³/mol. The van der Waals surface area contributed by atoms with Crippen LogP contribution < -0.4 is 5.32 Å². The van der Waals surface area contributed by atoms with Gasteiger partial charge >= 0.3 is 5.97 Å². The zero-order valence-electron chi connectivity index (χ0n) is 9.60. The fraction of sp³-hybridized carbons (Fsp3) is 0.417. The van der Waals surface area contributed by atoms with Gasteiger partial charge in [0, 0.05) is 0 Å². The number of rotatable bonds is 6. The average molecular weight is 223 g/mol. The van der Waals surface area contributed by atoms with Crippen molar-refractivity contribution in [2.45, 2.75) is 12.6 Å². The minimum Gasteiger partial charge on any atom is -0.468 e. The molecule has 0 aliphatic heterocycles. The van der Waals surface area contributed by atoms with Gasteiger partial charge in [-0.25, -0.2) is 0 Å². The van der Waals surface area contributed by atoms with Crippen LogP contribution in [-0.2, 0) is 20.9 Å². The van der Waals surface area contributed by atoms with Gasteiger partial charge in [-0.15, -0.1) is 0 Å². The third kappa shape index (κ3) is 4.00. The molecule has 0 bridgehead atoms. The lowest BCUT2D eigenvalue weighted by molar-refractivity contribution is -0.144. The molecule has 0 aliphatic carbocycles. The van der Waals surface area contributed by atoms with Crippen molar-refractivity contribution in [1.82, 2.24) is 5.32 Å². The molecule has 0 heterocycles. The Labute approximate surface area is 95.6 Å². The number of likely N-dealkylation sites (N-methyl/N-ethyl adjacent to an activating group) is 1. The molecule has 0 fully saturated rings. The molecule has 0 unspecified atom stereocenters. The first-order valence-corrected chi connectivity index (χ1v) is 5.14. The van der Waals surface area contributed by atoms with E-state index in [-0.39, 0.29) is 5.97 Å². The second kappa shape index (κ2) is 6.98. The van der Waals surface area contributed by atoms with E-state index in [4.69, 9.17) is 4.74 Å². The van der Waals surface area contributed by atoms with Crippen molar-refractivity contribution in [1.29, 1.82) is 0 Å². The molecule has 0 spiro atoms. The quantitative estimate of drug-likeness (QED) is 0.730. The molecule has 0 amide bonds. The number of hydrogen-bond donors (Lipinski definition) is 1. The van der Waals surface area contributed by atoms with Crippen LogP contribution in [0.2, 0.25) is 0 Å². The molecule has 0 aromatic heterocycles. The van der Waals surface area contributed by atoms with E-state index in [0.29, 0.717) is 13.2 Å². The summed E-state index contributed by atoms with van der Waals surface area (Å²) in [5.41, 5.74) is 1.09. The van der Waals surface area contributed by atoms with Crippen LogP contribution in [0.1, 0.15) is 5.56 Å². The molecule has 4 heteroatoms. The van der Waals surface area contributed by atoms with E-state index in [1.165, 1.54) is 7.11 Å². The predicted octanol–water partition coefficient (Wildman–Crippen LogP) is 0.964. The first-order chi connectivity index (χ1) is 7.77. The van der Waals surface area contributed by atoms with Crippen molar-refractivity contribution in [2.24, 2.45) is 0 Å². The zero-order valence-corrected chi connectivity index (χ0v) is 9.60. The standard InChI is InChI=1S/C12H17NO3/c1-13-11(12(14)15-2)9-16-8-10-6-4-3-5-7-10/h3-7,11,13H,8-9H2,1-2H3/t11-/m0/s1. The average Bonchev–Trinajstić information content (AvgIpc) is 2.35. The summed E-state index contributed by atoms with van der Waals surface area (Å²) in [5.74, 6) is -0.310. The van der Waals surface area contributed by atoms with Gasteiger partial charge in [-0.1, -0.05) is 30.3 Å². The Morgan fingerprint density at radius 3 is 2.62 bits per heavy atom. The third-order valence-electron chi connectivity index (χ3n) is 2.23. The van der Waals surface area contributed by atoms with E-state index in [1.807, 2.05) is 30.3 Å². The Kier molecular flexibility index (Phi) is 5.53. The first kappa shape index (κ1) is 12.7. The number of benzene rings is 1. The van der Waals surface area contributed by atoms with Crippen LogP contribution in [-0.4, -0.2) is 32.8 Å². The molecule has 1 atom stereocenters. The van der Waals surface area contributed by atoms with E-state index >= 15 is 0 Å². The highest BCUT2D eigenvalue weighted by molar-refractivity contribution is 5.75. The SMILES string of the molecule is CN[C@@H](COCc1ccccc1)C(=O)OC. The normalized spacial score (nSPS) is 12.1. The van der Waals surface area contributed by atoms with Crippen molar-refractivity contribution in [3.63, 3.8) is 0 Å². The lowest BCUT2D eigenvalue weighted by atomic mass is 10.2. The molecule has 88 valence electrons. The highest BCUT2D eigenvalue weighted by Gasteiger charge is 2.16. The van der Waals surface area contributed by atoms with Crippen LogP contribution in [0, 0.1) is 0 Å². The van der Waals surface area contributed by atoms with E-state index in [2.05, 4.69) is 10.1 Å². The maximum absolute atomic E-state index is 11.2. The molecular weight excluding hydrogens is 206 g/mol. The summed E-state index contributed by atoms with van der Waals surface area (Å²) in [7, 11) is 3.07. The van der Waals surface area contributed by atoms with Crippen molar-refractivity contribution < 1.29 is 14.3 Å². The Morgan fingerprint density at radius 1 is 1.38 bits per heavy atom. The second-order valence-electron chi connectivity index (χ2n) is 3.37. The minimum atomic E-state index is -0.409. The molecule has 0 saturated heterocycles. The Balaban J connectivity index is 2.31. The van der Waals surface area contributed by atoms with Crippen LogP contribution >= 0.6 is 0 Å². The zero-order chi connectivity index (χ0) is 11.8. The van der Waals surface area contributed by atoms with Crippen molar-refractivity contribution in [2.75, 3.05) is 20.8 Å². The van der Waals surface area contributed by atoms with Gasteiger partial charge in [-0.05, 0) is 12.6 Å². The molecule has 4 nitrogen and oxygen atoms in total. The van der Waals surface area contributed by atoms with Gasteiger partial charge < -0.3 is 14.8 Å². The van der Waals surface area contributed by atoms with Crippen molar-refractivity contribution >= 4 is 5.97 Å². The Bertz CT molecular complexity index is 313. The largest absolute Gasteiger partial charge is 0.468 e. The number of carbonyl (C=O) groups is 1. The molecule has 0 radical (unpaired) electrons. The monoisotopic (exact) mass is 223 g/mol. The minimum absolute atomic E-state index is 0.304. The highest BCUT2D eigenvalue weighted by Crippen LogP contribution is 2.01. The summed E-state index contributed by atoms with van der Waals surface area (Å²) < 4.78 is 10.1. The molecule has 1 aromatic carbocycles.